The summed E-state index contributed by atoms with van der Waals surface area (Å²) >= 11 is 0. The van der Waals surface area contributed by atoms with E-state index in [2.05, 4.69) is 6.92 Å². The highest BCUT2D eigenvalue weighted by atomic mass is 16.1. The summed E-state index contributed by atoms with van der Waals surface area (Å²) in [6, 6.07) is 3.62. The summed E-state index contributed by atoms with van der Waals surface area (Å²) in [6.07, 6.45) is 2.85. The summed E-state index contributed by atoms with van der Waals surface area (Å²) in [6.45, 7) is 8.81. The Labute approximate surface area is 80.2 Å². The highest BCUT2D eigenvalue weighted by molar-refractivity contribution is 5.07. The molecule has 0 saturated carbocycles. The maximum atomic E-state index is 11.2. The Bertz CT molecular complexity index is 288. The van der Waals surface area contributed by atoms with Gasteiger partial charge in [0.25, 0.3) is 5.56 Å². The van der Waals surface area contributed by atoms with Crippen LogP contribution in [0.1, 0.15) is 32.8 Å². The van der Waals surface area contributed by atoms with Crippen LogP contribution >= 0.6 is 0 Å². The third-order valence-corrected chi connectivity index (χ3v) is 1.62. The zero-order chi connectivity index (χ0) is 10.3. The fraction of sp³-hybridized carbons (Fsp3) is 0.545. The van der Waals surface area contributed by atoms with Crippen LogP contribution in [0.4, 0.5) is 0 Å². The first kappa shape index (κ1) is 11.9. The molecule has 0 amide bonds. The van der Waals surface area contributed by atoms with Crippen LogP contribution in [0.3, 0.4) is 0 Å². The monoisotopic (exact) mass is 181 g/mol. The molecule has 13 heavy (non-hydrogen) atoms. The molecule has 0 aliphatic carbocycles. The van der Waals surface area contributed by atoms with Gasteiger partial charge in [-0.05, 0) is 25.0 Å². The van der Waals surface area contributed by atoms with Gasteiger partial charge in [-0.3, -0.25) is 4.79 Å². The van der Waals surface area contributed by atoms with Crippen molar-refractivity contribution in [2.45, 2.75) is 40.7 Å². The second kappa shape index (κ2) is 6.46. The van der Waals surface area contributed by atoms with Gasteiger partial charge < -0.3 is 4.57 Å². The van der Waals surface area contributed by atoms with Gasteiger partial charge in [-0.15, -0.1) is 0 Å². The molecule has 1 aromatic heterocycles. The summed E-state index contributed by atoms with van der Waals surface area (Å²) in [7, 11) is 0. The Morgan fingerprint density at radius 2 is 2.00 bits per heavy atom. The normalized spacial score (nSPS) is 8.92. The lowest BCUT2D eigenvalue weighted by Crippen LogP contribution is -2.18. The lowest BCUT2D eigenvalue weighted by Gasteiger charge is -2.01. The van der Waals surface area contributed by atoms with E-state index in [9.17, 15) is 4.79 Å². The van der Waals surface area contributed by atoms with E-state index in [4.69, 9.17) is 0 Å². The average molecular weight is 181 g/mol. The van der Waals surface area contributed by atoms with Crippen molar-refractivity contribution in [2.24, 2.45) is 0 Å². The quantitative estimate of drug-likeness (QED) is 0.687. The van der Waals surface area contributed by atoms with E-state index in [0.29, 0.717) is 0 Å². The van der Waals surface area contributed by atoms with Gasteiger partial charge in [0, 0.05) is 18.8 Å². The zero-order valence-corrected chi connectivity index (χ0v) is 9.00. The van der Waals surface area contributed by atoms with Gasteiger partial charge >= 0.3 is 0 Å². The second-order valence-electron chi connectivity index (χ2n) is 2.74. The van der Waals surface area contributed by atoms with Crippen molar-refractivity contribution in [3.8, 4) is 0 Å². The summed E-state index contributed by atoms with van der Waals surface area (Å²) < 4.78 is 1.73. The van der Waals surface area contributed by atoms with E-state index in [1.807, 2.05) is 33.0 Å². The SMILES string of the molecule is CC.CCCn1ccc(C)cc1=O. The number of aryl methyl sites for hydroxylation is 2. The van der Waals surface area contributed by atoms with Crippen LogP contribution in [0, 0.1) is 6.92 Å². The third-order valence-electron chi connectivity index (χ3n) is 1.62. The molecular formula is C11H19NO. The molecule has 0 fully saturated rings. The van der Waals surface area contributed by atoms with E-state index in [-0.39, 0.29) is 5.56 Å². The first-order valence-corrected chi connectivity index (χ1v) is 4.91. The predicted molar refractivity (Wildman–Crippen MR) is 57.1 cm³/mol. The minimum absolute atomic E-state index is 0.104. The molecule has 0 unspecified atom stereocenters. The lowest BCUT2D eigenvalue weighted by atomic mass is 10.3. The van der Waals surface area contributed by atoms with E-state index < -0.39 is 0 Å². The van der Waals surface area contributed by atoms with E-state index in [1.54, 1.807) is 10.6 Å². The number of pyridine rings is 1. The molecule has 74 valence electrons. The molecule has 0 atom stereocenters. The molecule has 0 aliphatic heterocycles. The maximum absolute atomic E-state index is 11.2. The van der Waals surface area contributed by atoms with Crippen LogP contribution in [-0.4, -0.2) is 4.57 Å². The third kappa shape index (κ3) is 3.92. The Balaban J connectivity index is 0.000000671. The smallest absolute Gasteiger partial charge is 0.250 e. The van der Waals surface area contributed by atoms with Crippen molar-refractivity contribution in [3.63, 3.8) is 0 Å². The molecular weight excluding hydrogens is 162 g/mol. The van der Waals surface area contributed by atoms with E-state index in [0.717, 1.165) is 18.5 Å². The zero-order valence-electron chi connectivity index (χ0n) is 9.00. The van der Waals surface area contributed by atoms with Crippen molar-refractivity contribution >= 4 is 0 Å². The van der Waals surface area contributed by atoms with Crippen LogP contribution in [-0.2, 0) is 6.54 Å². The van der Waals surface area contributed by atoms with Gasteiger partial charge in [0.15, 0.2) is 0 Å². The molecule has 1 rings (SSSR count). The number of hydrogen-bond donors (Lipinski definition) is 0. The van der Waals surface area contributed by atoms with Crippen molar-refractivity contribution in [1.82, 2.24) is 4.57 Å². The summed E-state index contributed by atoms with van der Waals surface area (Å²) in [5.41, 5.74) is 1.13. The van der Waals surface area contributed by atoms with Crippen molar-refractivity contribution < 1.29 is 0 Å². The minimum Gasteiger partial charge on any atom is -0.316 e. The summed E-state index contributed by atoms with van der Waals surface area (Å²) in [5, 5.41) is 0. The topological polar surface area (TPSA) is 22.0 Å². The fourth-order valence-corrected chi connectivity index (χ4v) is 1.03. The molecule has 0 radical (unpaired) electrons. The number of aromatic nitrogens is 1. The van der Waals surface area contributed by atoms with Crippen LogP contribution in [0.15, 0.2) is 23.1 Å². The Hall–Kier alpha value is -1.05. The van der Waals surface area contributed by atoms with Crippen molar-refractivity contribution in [2.75, 3.05) is 0 Å². The lowest BCUT2D eigenvalue weighted by molar-refractivity contribution is 0.653. The standard InChI is InChI=1S/C9H13NO.C2H6/c1-3-5-10-6-4-8(2)7-9(10)11;1-2/h4,6-7H,3,5H2,1-2H3;1-2H3. The highest BCUT2D eigenvalue weighted by Crippen LogP contribution is 1.91. The first-order valence-electron chi connectivity index (χ1n) is 4.91. The van der Waals surface area contributed by atoms with Gasteiger partial charge in [-0.25, -0.2) is 0 Å². The number of hydrogen-bond acceptors (Lipinski definition) is 1. The molecule has 1 heterocycles. The number of nitrogens with zero attached hydrogens (tertiary/aromatic N) is 1. The molecule has 0 aliphatic rings. The molecule has 0 saturated heterocycles. The van der Waals surface area contributed by atoms with Gasteiger partial charge in [0.05, 0.1) is 0 Å². The maximum Gasteiger partial charge on any atom is 0.250 e. The fourth-order valence-electron chi connectivity index (χ4n) is 1.03. The largest absolute Gasteiger partial charge is 0.316 e. The van der Waals surface area contributed by atoms with Gasteiger partial charge in [-0.1, -0.05) is 20.8 Å². The Morgan fingerprint density at radius 1 is 1.38 bits per heavy atom. The minimum atomic E-state index is 0.104. The molecule has 0 N–H and O–H groups in total. The van der Waals surface area contributed by atoms with Gasteiger partial charge in [0.1, 0.15) is 0 Å². The van der Waals surface area contributed by atoms with Crippen LogP contribution < -0.4 is 5.56 Å². The molecule has 2 nitrogen and oxygen atoms in total. The van der Waals surface area contributed by atoms with Crippen LogP contribution in [0.5, 0.6) is 0 Å². The molecule has 0 bridgehead atoms. The molecule has 1 aromatic rings. The Morgan fingerprint density at radius 3 is 2.46 bits per heavy atom. The summed E-state index contributed by atoms with van der Waals surface area (Å²) in [4.78, 5) is 11.2. The number of rotatable bonds is 2. The van der Waals surface area contributed by atoms with Crippen molar-refractivity contribution in [1.29, 1.82) is 0 Å². The predicted octanol–water partition coefficient (Wildman–Crippen LogP) is 2.59. The second-order valence-corrected chi connectivity index (χ2v) is 2.74. The average Bonchev–Trinajstić information content (AvgIpc) is 2.14. The molecule has 2 heteroatoms. The molecule has 0 aromatic carbocycles. The van der Waals surface area contributed by atoms with Crippen LogP contribution in [0.2, 0.25) is 0 Å². The Kier molecular flexibility index (Phi) is 5.94. The highest BCUT2D eigenvalue weighted by Gasteiger charge is 1.92. The summed E-state index contributed by atoms with van der Waals surface area (Å²) in [5.74, 6) is 0. The van der Waals surface area contributed by atoms with Gasteiger partial charge in [-0.2, -0.15) is 0 Å². The van der Waals surface area contributed by atoms with Crippen LogP contribution in [0.25, 0.3) is 0 Å². The van der Waals surface area contributed by atoms with E-state index >= 15 is 0 Å². The molecule has 0 spiro atoms. The van der Waals surface area contributed by atoms with Gasteiger partial charge in [0.2, 0.25) is 0 Å². The van der Waals surface area contributed by atoms with Crippen molar-refractivity contribution in [3.05, 3.63) is 34.2 Å². The van der Waals surface area contributed by atoms with E-state index in [1.165, 1.54) is 0 Å². The first-order chi connectivity index (χ1) is 6.24.